The zero-order valence-corrected chi connectivity index (χ0v) is 8.95. The van der Waals surface area contributed by atoms with E-state index in [2.05, 4.69) is 30.1 Å². The van der Waals surface area contributed by atoms with Crippen LogP contribution in [0.1, 0.15) is 6.92 Å². The molecule has 0 bridgehead atoms. The summed E-state index contributed by atoms with van der Waals surface area (Å²) in [6.07, 6.45) is 0. The zero-order valence-electron chi connectivity index (χ0n) is 7.95. The monoisotopic (exact) mass is 171 g/mol. The molecule has 0 unspecified atom stereocenters. The molecule has 64 valence electrons. The lowest BCUT2D eigenvalue weighted by Crippen LogP contribution is -2.26. The molecule has 11 heavy (non-hydrogen) atoms. The molecule has 0 fully saturated rings. The zero-order chi connectivity index (χ0) is 9.07. The summed E-state index contributed by atoms with van der Waals surface area (Å²) in [4.78, 5) is 0. The maximum atomic E-state index is 7.01. The molecule has 0 amide bonds. The van der Waals surface area contributed by atoms with Crippen molar-refractivity contribution in [3.63, 3.8) is 0 Å². The predicted molar refractivity (Wildman–Crippen MR) is 50.3 cm³/mol. The summed E-state index contributed by atoms with van der Waals surface area (Å²) in [5.74, 6) is 0. The smallest absolute Gasteiger partial charge is 0.106 e. The Hall–Kier alpha value is -0.643. The van der Waals surface area contributed by atoms with Gasteiger partial charge in [-0.25, -0.2) is 5.53 Å². The highest BCUT2D eigenvalue weighted by Gasteiger charge is 2.21. The van der Waals surface area contributed by atoms with Gasteiger partial charge in [0.1, 0.15) is 8.07 Å². The normalized spacial score (nSPS) is 13.9. The van der Waals surface area contributed by atoms with E-state index >= 15 is 0 Å². The minimum atomic E-state index is -1.41. The van der Waals surface area contributed by atoms with Gasteiger partial charge in [-0.1, -0.05) is 19.6 Å². The van der Waals surface area contributed by atoms with Gasteiger partial charge in [0.15, 0.2) is 0 Å². The summed E-state index contributed by atoms with van der Waals surface area (Å²) in [6.45, 7) is 8.51. The molecule has 0 radical (unpaired) electrons. The van der Waals surface area contributed by atoms with Crippen molar-refractivity contribution >= 4 is 8.07 Å². The molecule has 0 aliphatic heterocycles. The third kappa shape index (κ3) is 2.84. The summed E-state index contributed by atoms with van der Waals surface area (Å²) in [5, 5.41) is 7.53. The van der Waals surface area contributed by atoms with Crippen molar-refractivity contribution in [2.75, 3.05) is 7.05 Å². The van der Waals surface area contributed by atoms with Crippen LogP contribution in [0.25, 0.3) is 0 Å². The van der Waals surface area contributed by atoms with Gasteiger partial charge in [0.25, 0.3) is 0 Å². The summed E-state index contributed by atoms with van der Waals surface area (Å²) < 4.78 is 0. The van der Waals surface area contributed by atoms with Crippen LogP contribution in [0.5, 0.6) is 0 Å². The Labute approximate surface area is 69.4 Å². The summed E-state index contributed by atoms with van der Waals surface area (Å²) in [6, 6.07) is 0. The molecule has 0 rings (SSSR count). The van der Waals surface area contributed by atoms with Gasteiger partial charge in [-0.15, -0.1) is 0 Å². The largest absolute Gasteiger partial charge is 0.390 e. The topological polar surface area (TPSA) is 48.2 Å². The number of allylic oxidation sites excluding steroid dienone is 1. The highest BCUT2D eigenvalue weighted by atomic mass is 28.3. The summed E-state index contributed by atoms with van der Waals surface area (Å²) in [5.41, 5.74) is 8.04. The van der Waals surface area contributed by atoms with Crippen LogP contribution in [0.2, 0.25) is 19.6 Å². The SMILES string of the molecule is CN/C(C)=C(\N=N)[Si](C)(C)C. The summed E-state index contributed by atoms with van der Waals surface area (Å²) in [7, 11) is 0.454. The van der Waals surface area contributed by atoms with E-state index in [4.69, 9.17) is 5.53 Å². The minimum Gasteiger partial charge on any atom is -0.390 e. The van der Waals surface area contributed by atoms with E-state index in [1.165, 1.54) is 0 Å². The van der Waals surface area contributed by atoms with Gasteiger partial charge in [-0.05, 0) is 6.92 Å². The summed E-state index contributed by atoms with van der Waals surface area (Å²) >= 11 is 0. The average Bonchev–Trinajstić information content (AvgIpc) is 1.86. The molecule has 0 heterocycles. The van der Waals surface area contributed by atoms with E-state index < -0.39 is 8.07 Å². The number of nitrogens with zero attached hydrogens (tertiary/aromatic N) is 1. The molecule has 0 aromatic rings. The van der Waals surface area contributed by atoms with Gasteiger partial charge in [0.2, 0.25) is 0 Å². The number of hydrogen-bond donors (Lipinski definition) is 2. The van der Waals surface area contributed by atoms with Crippen LogP contribution < -0.4 is 5.32 Å². The van der Waals surface area contributed by atoms with Crippen LogP contribution in [0.15, 0.2) is 16.1 Å². The van der Waals surface area contributed by atoms with Gasteiger partial charge in [-0.3, -0.25) is 0 Å². The van der Waals surface area contributed by atoms with Crippen LogP contribution in [-0.2, 0) is 0 Å². The third-order valence-electron chi connectivity index (χ3n) is 1.55. The Balaban J connectivity index is 4.80. The van der Waals surface area contributed by atoms with Crippen LogP contribution in [0.4, 0.5) is 0 Å². The van der Waals surface area contributed by atoms with Crippen molar-refractivity contribution < 1.29 is 0 Å². The molecular formula is C7H17N3Si. The molecule has 2 N–H and O–H groups in total. The third-order valence-corrected chi connectivity index (χ3v) is 3.46. The lowest BCUT2D eigenvalue weighted by Gasteiger charge is -2.17. The maximum Gasteiger partial charge on any atom is 0.106 e. The molecule has 0 aliphatic carbocycles. The molecule has 0 aromatic heterocycles. The van der Waals surface area contributed by atoms with Gasteiger partial charge in [0.05, 0.1) is 5.32 Å². The van der Waals surface area contributed by atoms with E-state index in [0.29, 0.717) is 0 Å². The quantitative estimate of drug-likeness (QED) is 0.497. The van der Waals surface area contributed by atoms with Crippen LogP contribution in [0, 0.1) is 5.53 Å². The highest BCUT2D eigenvalue weighted by Crippen LogP contribution is 2.17. The fourth-order valence-electron chi connectivity index (χ4n) is 0.932. The molecule has 3 nitrogen and oxygen atoms in total. The van der Waals surface area contributed by atoms with Gasteiger partial charge >= 0.3 is 0 Å². The van der Waals surface area contributed by atoms with Crippen molar-refractivity contribution in [3.8, 4) is 0 Å². The Bertz CT molecular complexity index is 179. The predicted octanol–water partition coefficient (Wildman–Crippen LogP) is 2.35. The first-order chi connectivity index (χ1) is 4.93. The van der Waals surface area contributed by atoms with Crippen molar-refractivity contribution in [1.82, 2.24) is 5.32 Å². The van der Waals surface area contributed by atoms with E-state index in [-0.39, 0.29) is 0 Å². The Kier molecular flexibility index (Phi) is 3.45. The Morgan fingerprint density at radius 2 is 1.82 bits per heavy atom. The maximum absolute atomic E-state index is 7.01. The van der Waals surface area contributed by atoms with Crippen LogP contribution >= 0.6 is 0 Å². The standard InChI is InChI=1S/C7H17N3Si/c1-6(9-2)7(10-8)11(3,4)5/h8-9H,1-5H3/b7-6+,10-8?. The molecule has 0 aliphatic rings. The van der Waals surface area contributed by atoms with Crippen LogP contribution in [-0.4, -0.2) is 15.1 Å². The van der Waals surface area contributed by atoms with E-state index in [9.17, 15) is 0 Å². The number of hydrogen-bond acceptors (Lipinski definition) is 3. The fraction of sp³-hybridized carbons (Fsp3) is 0.714. The van der Waals surface area contributed by atoms with Gasteiger partial charge < -0.3 is 5.32 Å². The first-order valence-corrected chi connectivity index (χ1v) is 7.20. The first kappa shape index (κ1) is 10.4. The molecule has 0 saturated carbocycles. The second kappa shape index (κ2) is 3.66. The van der Waals surface area contributed by atoms with Gasteiger partial charge in [-0.2, -0.15) is 5.11 Å². The molecule has 0 atom stereocenters. The van der Waals surface area contributed by atoms with Crippen LogP contribution in [0.3, 0.4) is 0 Å². The van der Waals surface area contributed by atoms with Crippen molar-refractivity contribution in [2.45, 2.75) is 26.6 Å². The van der Waals surface area contributed by atoms with Crippen molar-refractivity contribution in [3.05, 3.63) is 11.0 Å². The van der Waals surface area contributed by atoms with E-state index in [0.717, 1.165) is 11.0 Å². The van der Waals surface area contributed by atoms with Crippen molar-refractivity contribution in [1.29, 1.82) is 5.53 Å². The molecule has 4 heteroatoms. The first-order valence-electron chi connectivity index (χ1n) is 3.70. The molecule has 0 aromatic carbocycles. The Morgan fingerprint density at radius 1 is 1.36 bits per heavy atom. The van der Waals surface area contributed by atoms with Gasteiger partial charge in [0, 0.05) is 12.7 Å². The second-order valence-corrected chi connectivity index (χ2v) is 8.56. The number of nitrogens with one attached hydrogen (secondary N) is 2. The Morgan fingerprint density at radius 3 is 1.91 bits per heavy atom. The fourth-order valence-corrected chi connectivity index (χ4v) is 2.52. The van der Waals surface area contributed by atoms with Crippen molar-refractivity contribution in [2.24, 2.45) is 5.11 Å². The minimum absolute atomic E-state index is 0.944. The highest BCUT2D eigenvalue weighted by molar-refractivity contribution is 6.83. The molecule has 0 spiro atoms. The lowest BCUT2D eigenvalue weighted by atomic mass is 10.5. The average molecular weight is 171 g/mol. The number of rotatable bonds is 3. The lowest BCUT2D eigenvalue weighted by molar-refractivity contribution is 0.944. The second-order valence-electron chi connectivity index (χ2n) is 3.59. The molecular weight excluding hydrogens is 154 g/mol. The molecule has 0 saturated heterocycles. The van der Waals surface area contributed by atoms with E-state index in [1.807, 2.05) is 14.0 Å². The van der Waals surface area contributed by atoms with E-state index in [1.54, 1.807) is 0 Å².